The molecule has 4 aromatic rings. The van der Waals surface area contributed by atoms with Crippen LogP contribution in [-0.2, 0) is 0 Å². The van der Waals surface area contributed by atoms with Crippen LogP contribution in [0.2, 0.25) is 0 Å². The quantitative estimate of drug-likeness (QED) is 0.372. The van der Waals surface area contributed by atoms with Gasteiger partial charge in [-0.3, -0.25) is 9.89 Å². The van der Waals surface area contributed by atoms with Crippen LogP contribution in [0.1, 0.15) is 27.4 Å². The van der Waals surface area contributed by atoms with Gasteiger partial charge >= 0.3 is 0 Å². The van der Waals surface area contributed by atoms with Crippen molar-refractivity contribution in [1.82, 2.24) is 25.4 Å². The van der Waals surface area contributed by atoms with E-state index in [-0.39, 0.29) is 0 Å². The molecule has 0 aliphatic rings. The minimum absolute atomic E-state index is 0.304. The van der Waals surface area contributed by atoms with Gasteiger partial charge in [0.2, 0.25) is 0 Å². The second-order valence-corrected chi connectivity index (χ2v) is 6.90. The average molecular weight is 414 g/mol. The normalized spacial score (nSPS) is 11.1. The number of nitrogens with one attached hydrogen (secondary N) is 2. The number of amides is 1. The van der Waals surface area contributed by atoms with E-state index in [1.54, 1.807) is 13.2 Å². The van der Waals surface area contributed by atoms with Crippen LogP contribution in [-0.4, -0.2) is 39.2 Å². The maximum Gasteiger partial charge on any atom is 0.289 e. The predicted molar refractivity (Wildman–Crippen MR) is 119 cm³/mol. The molecule has 0 fully saturated rings. The van der Waals surface area contributed by atoms with Crippen LogP contribution in [0.3, 0.4) is 0 Å². The highest BCUT2D eigenvalue weighted by molar-refractivity contribution is 5.94. The second kappa shape index (κ2) is 8.66. The smallest absolute Gasteiger partial charge is 0.289 e. The predicted octanol–water partition coefficient (Wildman–Crippen LogP) is 3.65. The van der Waals surface area contributed by atoms with Crippen molar-refractivity contribution in [3.63, 3.8) is 0 Å². The number of aromatic amines is 1. The first-order chi connectivity index (χ1) is 15.1. The Kier molecular flexibility index (Phi) is 5.61. The van der Waals surface area contributed by atoms with Crippen LogP contribution < -0.4 is 10.2 Å². The van der Waals surface area contributed by atoms with Gasteiger partial charge in [0.05, 0.1) is 36.1 Å². The van der Waals surface area contributed by atoms with Crippen molar-refractivity contribution in [3.05, 3.63) is 83.3 Å². The van der Waals surface area contributed by atoms with Gasteiger partial charge in [-0.1, -0.05) is 30.3 Å². The second-order valence-electron chi connectivity index (χ2n) is 6.90. The Bertz CT molecular complexity index is 1240. The molecule has 0 radical (unpaired) electrons. The molecule has 1 amide bonds. The van der Waals surface area contributed by atoms with E-state index in [2.05, 4.69) is 25.8 Å². The summed E-state index contributed by atoms with van der Waals surface area (Å²) in [5.74, 6) is 0.279. The molecule has 0 bridgehead atoms. The van der Waals surface area contributed by atoms with Gasteiger partial charge in [0.15, 0.2) is 0 Å². The summed E-state index contributed by atoms with van der Waals surface area (Å²) in [4.78, 5) is 12.5. The third-order valence-electron chi connectivity index (χ3n) is 4.88. The fourth-order valence-electron chi connectivity index (χ4n) is 3.39. The number of aromatic nitrogens is 4. The number of para-hydroxylation sites is 2. The number of H-pyrrole nitrogens is 1. The number of carbonyl (C=O) groups is 1. The molecule has 0 saturated heterocycles. The van der Waals surface area contributed by atoms with Crippen molar-refractivity contribution in [2.45, 2.75) is 13.8 Å². The van der Waals surface area contributed by atoms with Gasteiger partial charge in [-0.05, 0) is 44.2 Å². The Balaban J connectivity index is 1.53. The van der Waals surface area contributed by atoms with E-state index in [4.69, 9.17) is 4.74 Å². The van der Waals surface area contributed by atoms with Crippen LogP contribution >= 0.6 is 0 Å². The van der Waals surface area contributed by atoms with Gasteiger partial charge in [0, 0.05) is 11.1 Å². The molecule has 8 nitrogen and oxygen atoms in total. The lowest BCUT2D eigenvalue weighted by Crippen LogP contribution is -2.18. The lowest BCUT2D eigenvalue weighted by molar-refractivity contribution is 0.0950. The maximum atomic E-state index is 12.5. The van der Waals surface area contributed by atoms with Gasteiger partial charge in [-0.2, -0.15) is 15.3 Å². The summed E-state index contributed by atoms with van der Waals surface area (Å²) in [5.41, 5.74) is 7.84. The molecule has 4 rings (SSSR count). The molecule has 0 saturated carbocycles. The number of hydrogen-bond donors (Lipinski definition) is 2. The Labute approximate surface area is 179 Å². The number of ether oxygens (including phenoxy) is 1. The summed E-state index contributed by atoms with van der Waals surface area (Å²) in [6.07, 6.45) is 1.53. The summed E-state index contributed by atoms with van der Waals surface area (Å²) < 4.78 is 7.14. The van der Waals surface area contributed by atoms with Crippen LogP contribution in [0.5, 0.6) is 5.75 Å². The minimum atomic E-state index is -0.393. The molecule has 2 N–H and O–H groups in total. The van der Waals surface area contributed by atoms with Gasteiger partial charge in [0.25, 0.3) is 5.91 Å². The lowest BCUT2D eigenvalue weighted by atomic mass is 10.1. The van der Waals surface area contributed by atoms with E-state index in [1.807, 2.05) is 73.1 Å². The molecule has 8 heteroatoms. The number of aryl methyl sites for hydroxylation is 1. The third-order valence-corrected chi connectivity index (χ3v) is 4.88. The van der Waals surface area contributed by atoms with Crippen molar-refractivity contribution >= 4 is 12.1 Å². The first-order valence-electron chi connectivity index (χ1n) is 9.72. The zero-order valence-electron chi connectivity index (χ0n) is 17.5. The maximum absolute atomic E-state index is 12.5. The standard InChI is InChI=1S/C23H22N6O2/c1-15-22(16(2)29(28-15)18-10-5-4-6-11-18)19-13-20(26-25-19)23(30)27-24-14-17-9-7-8-12-21(17)31-3/h4-14H,1-3H3,(H,25,26)(H,27,30)/b24-14+. The molecule has 0 atom stereocenters. The van der Waals surface area contributed by atoms with E-state index < -0.39 is 5.91 Å². The summed E-state index contributed by atoms with van der Waals surface area (Å²) in [7, 11) is 1.58. The topological polar surface area (TPSA) is 97.2 Å². The van der Waals surface area contributed by atoms with E-state index in [0.717, 1.165) is 28.2 Å². The third kappa shape index (κ3) is 4.09. The number of benzene rings is 2. The molecular weight excluding hydrogens is 392 g/mol. The molecule has 0 aliphatic carbocycles. The molecule has 2 aromatic carbocycles. The first kappa shape index (κ1) is 20.1. The zero-order chi connectivity index (χ0) is 21.8. The average Bonchev–Trinajstić information content (AvgIpc) is 3.38. The molecule has 2 heterocycles. The number of hydrazone groups is 1. The van der Waals surface area contributed by atoms with Crippen molar-refractivity contribution in [2.24, 2.45) is 5.10 Å². The Morgan fingerprint density at radius 1 is 1.13 bits per heavy atom. The highest BCUT2D eigenvalue weighted by Gasteiger charge is 2.18. The molecule has 0 unspecified atom stereocenters. The molecule has 0 spiro atoms. The molecule has 156 valence electrons. The molecule has 31 heavy (non-hydrogen) atoms. The molecular formula is C23H22N6O2. The molecule has 0 aliphatic heterocycles. The number of rotatable bonds is 6. The van der Waals surface area contributed by atoms with E-state index >= 15 is 0 Å². The summed E-state index contributed by atoms with van der Waals surface area (Å²) in [6.45, 7) is 3.90. The fraction of sp³-hybridized carbons (Fsp3) is 0.130. The minimum Gasteiger partial charge on any atom is -0.496 e. The fourth-order valence-corrected chi connectivity index (χ4v) is 3.39. The lowest BCUT2D eigenvalue weighted by Gasteiger charge is -2.04. The van der Waals surface area contributed by atoms with Gasteiger partial charge in [-0.15, -0.1) is 0 Å². The molecule has 2 aromatic heterocycles. The van der Waals surface area contributed by atoms with Crippen LogP contribution in [0.4, 0.5) is 0 Å². The largest absolute Gasteiger partial charge is 0.496 e. The number of methoxy groups -OCH3 is 1. The summed E-state index contributed by atoms with van der Waals surface area (Å²) in [5, 5.41) is 15.8. The Morgan fingerprint density at radius 3 is 2.65 bits per heavy atom. The van der Waals surface area contributed by atoms with E-state index in [9.17, 15) is 4.79 Å². The van der Waals surface area contributed by atoms with Gasteiger partial charge < -0.3 is 4.74 Å². The monoisotopic (exact) mass is 414 g/mol. The van der Waals surface area contributed by atoms with Crippen LogP contribution in [0.25, 0.3) is 16.9 Å². The van der Waals surface area contributed by atoms with E-state index in [1.165, 1.54) is 6.21 Å². The van der Waals surface area contributed by atoms with E-state index in [0.29, 0.717) is 17.1 Å². The summed E-state index contributed by atoms with van der Waals surface area (Å²) >= 11 is 0. The SMILES string of the molecule is COc1ccccc1/C=N/NC(=O)c1cc(-c2c(C)nn(-c3ccccc3)c2C)n[nH]1. The van der Waals surface area contributed by atoms with Crippen molar-refractivity contribution in [1.29, 1.82) is 0 Å². The van der Waals surface area contributed by atoms with Crippen molar-refractivity contribution < 1.29 is 9.53 Å². The van der Waals surface area contributed by atoms with Crippen molar-refractivity contribution in [2.75, 3.05) is 7.11 Å². The van der Waals surface area contributed by atoms with Crippen LogP contribution in [0, 0.1) is 13.8 Å². The first-order valence-corrected chi connectivity index (χ1v) is 9.72. The number of nitrogens with zero attached hydrogens (tertiary/aromatic N) is 4. The van der Waals surface area contributed by atoms with Gasteiger partial charge in [-0.25, -0.2) is 10.1 Å². The Morgan fingerprint density at radius 2 is 1.87 bits per heavy atom. The highest BCUT2D eigenvalue weighted by Crippen LogP contribution is 2.27. The van der Waals surface area contributed by atoms with Crippen LogP contribution in [0.15, 0.2) is 65.8 Å². The number of hydrogen-bond acceptors (Lipinski definition) is 5. The Hall–Kier alpha value is -4.20. The van der Waals surface area contributed by atoms with Crippen molar-refractivity contribution in [3.8, 4) is 22.7 Å². The highest BCUT2D eigenvalue weighted by atomic mass is 16.5. The number of carbonyl (C=O) groups excluding carboxylic acids is 1. The zero-order valence-corrected chi connectivity index (χ0v) is 17.5. The van der Waals surface area contributed by atoms with Gasteiger partial charge in [0.1, 0.15) is 11.4 Å². The summed E-state index contributed by atoms with van der Waals surface area (Å²) in [6, 6.07) is 19.0.